The van der Waals surface area contributed by atoms with E-state index in [2.05, 4.69) is 15.5 Å². The van der Waals surface area contributed by atoms with Gasteiger partial charge in [-0.3, -0.25) is 0 Å². The van der Waals surface area contributed by atoms with Crippen molar-refractivity contribution in [3.05, 3.63) is 47.5 Å². The first-order chi connectivity index (χ1) is 7.20. The van der Waals surface area contributed by atoms with Crippen molar-refractivity contribution in [3.8, 4) is 18.0 Å². The van der Waals surface area contributed by atoms with Crippen LogP contribution in [0.5, 0.6) is 0 Å². The summed E-state index contributed by atoms with van der Waals surface area (Å²) < 4.78 is 2.05. The first kappa shape index (κ1) is 9.54. The molecule has 0 radical (unpaired) electrons. The maximum atomic E-state index is 5.30. The van der Waals surface area contributed by atoms with Crippen LogP contribution in [0.1, 0.15) is 17.1 Å². The molecule has 0 bridgehead atoms. The Kier molecular flexibility index (Phi) is 2.31. The van der Waals surface area contributed by atoms with Gasteiger partial charge in [0.1, 0.15) is 5.82 Å². The van der Waals surface area contributed by atoms with E-state index in [0.29, 0.717) is 0 Å². The summed E-state index contributed by atoms with van der Waals surface area (Å²) in [5.74, 6) is 3.59. The van der Waals surface area contributed by atoms with Gasteiger partial charge in [0.25, 0.3) is 0 Å². The molecule has 2 aromatic rings. The topological polar surface area (TPSA) is 17.8 Å². The number of hydrogen-bond donors (Lipinski definition) is 0. The number of aromatic nitrogens is 2. The molecule has 0 aliphatic heterocycles. The van der Waals surface area contributed by atoms with E-state index in [1.54, 1.807) is 0 Å². The summed E-state index contributed by atoms with van der Waals surface area (Å²) in [6.07, 6.45) is 7.32. The molecular formula is C13H12N2. The van der Waals surface area contributed by atoms with Gasteiger partial charge in [-0.25, -0.2) is 4.98 Å². The lowest BCUT2D eigenvalue weighted by molar-refractivity contribution is 0.974. The molecule has 0 saturated carbocycles. The molecule has 0 N–H and O–H groups in total. The van der Waals surface area contributed by atoms with E-state index in [0.717, 1.165) is 22.8 Å². The fourth-order valence-electron chi connectivity index (χ4n) is 1.60. The molecule has 0 aliphatic carbocycles. The Bertz CT molecular complexity index is 512. The van der Waals surface area contributed by atoms with Crippen molar-refractivity contribution < 1.29 is 0 Å². The zero-order valence-electron chi connectivity index (χ0n) is 8.86. The van der Waals surface area contributed by atoms with Gasteiger partial charge < -0.3 is 4.57 Å². The molecule has 0 spiro atoms. The van der Waals surface area contributed by atoms with Crippen molar-refractivity contribution in [2.24, 2.45) is 0 Å². The number of aryl methyl sites for hydroxylation is 2. The highest BCUT2D eigenvalue weighted by Gasteiger charge is 2.02. The van der Waals surface area contributed by atoms with Crippen LogP contribution in [-0.4, -0.2) is 9.55 Å². The van der Waals surface area contributed by atoms with Crippen LogP contribution in [0.2, 0.25) is 0 Å². The van der Waals surface area contributed by atoms with E-state index in [-0.39, 0.29) is 0 Å². The van der Waals surface area contributed by atoms with Crippen molar-refractivity contribution in [1.29, 1.82) is 0 Å². The van der Waals surface area contributed by atoms with Gasteiger partial charge in [-0.1, -0.05) is 5.92 Å². The van der Waals surface area contributed by atoms with Gasteiger partial charge in [0.15, 0.2) is 0 Å². The van der Waals surface area contributed by atoms with Crippen molar-refractivity contribution in [1.82, 2.24) is 9.55 Å². The van der Waals surface area contributed by atoms with Gasteiger partial charge in [0.2, 0.25) is 0 Å². The highest BCUT2D eigenvalue weighted by atomic mass is 15.1. The van der Waals surface area contributed by atoms with Crippen molar-refractivity contribution in [2.45, 2.75) is 13.8 Å². The Morgan fingerprint density at radius 1 is 1.20 bits per heavy atom. The normalized spacial score (nSPS) is 9.93. The molecule has 2 nitrogen and oxygen atoms in total. The number of nitrogens with zero attached hydrogens (tertiary/aromatic N) is 2. The summed E-state index contributed by atoms with van der Waals surface area (Å²) in [6.45, 7) is 3.97. The minimum atomic E-state index is 0.897. The average Bonchev–Trinajstić information content (AvgIpc) is 2.58. The van der Waals surface area contributed by atoms with Gasteiger partial charge in [0, 0.05) is 17.4 Å². The molecule has 0 saturated heterocycles. The molecule has 2 heteroatoms. The Morgan fingerprint density at radius 2 is 1.87 bits per heavy atom. The number of imidazole rings is 1. The standard InChI is InChI=1S/C13H12N2/c1-4-12-5-7-13(8-6-12)15-9-10(2)14-11(15)3/h1,5-9H,2-3H3. The molecule has 15 heavy (non-hydrogen) atoms. The van der Waals surface area contributed by atoms with Crippen LogP contribution in [-0.2, 0) is 0 Å². The maximum Gasteiger partial charge on any atom is 0.110 e. The van der Waals surface area contributed by atoms with Gasteiger partial charge in [0.05, 0.1) is 5.69 Å². The third-order valence-electron chi connectivity index (χ3n) is 2.31. The van der Waals surface area contributed by atoms with Crippen LogP contribution < -0.4 is 0 Å². The SMILES string of the molecule is C#Cc1ccc(-n2cc(C)nc2C)cc1. The first-order valence-electron chi connectivity index (χ1n) is 4.80. The molecule has 0 aliphatic rings. The highest BCUT2D eigenvalue weighted by molar-refractivity contribution is 5.41. The fourth-order valence-corrected chi connectivity index (χ4v) is 1.60. The first-order valence-corrected chi connectivity index (χ1v) is 4.80. The molecule has 1 aromatic carbocycles. The average molecular weight is 196 g/mol. The van der Waals surface area contributed by atoms with E-state index in [1.807, 2.05) is 44.3 Å². The van der Waals surface area contributed by atoms with Crippen LogP contribution in [0.15, 0.2) is 30.5 Å². The molecular weight excluding hydrogens is 184 g/mol. The van der Waals surface area contributed by atoms with Crippen LogP contribution in [0.4, 0.5) is 0 Å². The molecule has 0 unspecified atom stereocenters. The molecule has 0 fully saturated rings. The van der Waals surface area contributed by atoms with Gasteiger partial charge >= 0.3 is 0 Å². The fraction of sp³-hybridized carbons (Fsp3) is 0.154. The van der Waals surface area contributed by atoms with Crippen molar-refractivity contribution in [2.75, 3.05) is 0 Å². The largest absolute Gasteiger partial charge is 0.304 e. The van der Waals surface area contributed by atoms with Crippen LogP contribution in [0.25, 0.3) is 5.69 Å². The van der Waals surface area contributed by atoms with E-state index >= 15 is 0 Å². The molecule has 2 rings (SSSR count). The maximum absolute atomic E-state index is 5.30. The van der Waals surface area contributed by atoms with Gasteiger partial charge in [-0.05, 0) is 38.1 Å². The second-order valence-corrected chi connectivity index (χ2v) is 3.49. The smallest absolute Gasteiger partial charge is 0.110 e. The summed E-state index contributed by atoms with van der Waals surface area (Å²) in [5, 5.41) is 0. The highest BCUT2D eigenvalue weighted by Crippen LogP contribution is 2.12. The summed E-state index contributed by atoms with van der Waals surface area (Å²) >= 11 is 0. The number of terminal acetylenes is 1. The number of benzene rings is 1. The second kappa shape index (κ2) is 3.62. The molecule has 1 heterocycles. The molecule has 0 amide bonds. The van der Waals surface area contributed by atoms with Crippen molar-refractivity contribution in [3.63, 3.8) is 0 Å². The zero-order valence-corrected chi connectivity index (χ0v) is 8.86. The summed E-state index contributed by atoms with van der Waals surface area (Å²) in [7, 11) is 0. The van der Waals surface area contributed by atoms with Crippen molar-refractivity contribution >= 4 is 0 Å². The minimum Gasteiger partial charge on any atom is -0.304 e. The third-order valence-corrected chi connectivity index (χ3v) is 2.31. The van der Waals surface area contributed by atoms with Crippen LogP contribution in [0.3, 0.4) is 0 Å². The summed E-state index contributed by atoms with van der Waals surface area (Å²) in [6, 6.07) is 7.88. The van der Waals surface area contributed by atoms with E-state index in [4.69, 9.17) is 6.42 Å². The second-order valence-electron chi connectivity index (χ2n) is 3.49. The van der Waals surface area contributed by atoms with Crippen LogP contribution in [0, 0.1) is 26.2 Å². The lowest BCUT2D eigenvalue weighted by Crippen LogP contribution is -1.94. The lowest BCUT2D eigenvalue weighted by Gasteiger charge is -2.04. The Hall–Kier alpha value is -2.01. The predicted octanol–water partition coefficient (Wildman–Crippen LogP) is 2.47. The molecule has 74 valence electrons. The van der Waals surface area contributed by atoms with E-state index < -0.39 is 0 Å². The minimum absolute atomic E-state index is 0.897. The monoisotopic (exact) mass is 196 g/mol. The Balaban J connectivity index is 2.46. The lowest BCUT2D eigenvalue weighted by atomic mass is 10.2. The Labute approximate surface area is 89.6 Å². The summed E-state index contributed by atoms with van der Waals surface area (Å²) in [4.78, 5) is 4.35. The van der Waals surface area contributed by atoms with E-state index in [1.165, 1.54) is 0 Å². The number of rotatable bonds is 1. The number of hydrogen-bond acceptors (Lipinski definition) is 1. The third kappa shape index (κ3) is 1.77. The molecule has 1 aromatic heterocycles. The quantitative estimate of drug-likeness (QED) is 0.641. The zero-order chi connectivity index (χ0) is 10.8. The predicted molar refractivity (Wildman–Crippen MR) is 61.0 cm³/mol. The van der Waals surface area contributed by atoms with E-state index in [9.17, 15) is 0 Å². The molecule has 0 atom stereocenters. The summed E-state index contributed by atoms with van der Waals surface area (Å²) in [5.41, 5.74) is 3.01. The van der Waals surface area contributed by atoms with Gasteiger partial charge in [-0.2, -0.15) is 0 Å². The van der Waals surface area contributed by atoms with Crippen LogP contribution >= 0.6 is 0 Å². The Morgan fingerprint density at radius 3 is 2.33 bits per heavy atom. The van der Waals surface area contributed by atoms with Gasteiger partial charge in [-0.15, -0.1) is 6.42 Å².